The van der Waals surface area contributed by atoms with Gasteiger partial charge in [0.1, 0.15) is 5.75 Å². The van der Waals surface area contributed by atoms with Crippen LogP contribution in [0.15, 0.2) is 59.1 Å². The minimum absolute atomic E-state index is 0.108. The molecule has 2 amide bonds. The number of likely N-dealkylation sites (tertiary alicyclic amines) is 2. The summed E-state index contributed by atoms with van der Waals surface area (Å²) in [7, 11) is 0. The summed E-state index contributed by atoms with van der Waals surface area (Å²) < 4.78 is 7.14. The number of para-hydroxylation sites is 1. The van der Waals surface area contributed by atoms with E-state index in [1.807, 2.05) is 64.4 Å². The highest BCUT2D eigenvalue weighted by atomic mass is 79.9. The number of carbonyl (C=O) groups is 2. The molecule has 0 radical (unpaired) electrons. The lowest BCUT2D eigenvalue weighted by Crippen LogP contribution is -2.51. The van der Waals surface area contributed by atoms with Gasteiger partial charge in [0, 0.05) is 42.5 Å². The minimum Gasteiger partial charge on any atom is -0.493 e. The first-order chi connectivity index (χ1) is 16.0. The van der Waals surface area contributed by atoms with Crippen molar-refractivity contribution in [2.75, 3.05) is 32.8 Å². The third-order valence-electron chi connectivity index (χ3n) is 6.84. The Morgan fingerprint density at radius 2 is 1.55 bits per heavy atom. The molecule has 2 fully saturated rings. The fourth-order valence-corrected chi connectivity index (χ4v) is 5.40. The van der Waals surface area contributed by atoms with E-state index in [4.69, 9.17) is 4.74 Å². The molecular weight excluding hydrogens is 480 g/mol. The fourth-order valence-electron chi connectivity index (χ4n) is 4.98. The fraction of sp³-hybridized carbons (Fsp3) is 0.481. The van der Waals surface area contributed by atoms with Gasteiger partial charge in [-0.15, -0.1) is 0 Å². The quantitative estimate of drug-likeness (QED) is 0.519. The Bertz CT molecular complexity index is 945. The van der Waals surface area contributed by atoms with Crippen LogP contribution >= 0.6 is 15.9 Å². The zero-order valence-corrected chi connectivity index (χ0v) is 20.8. The largest absolute Gasteiger partial charge is 0.493 e. The second-order valence-corrected chi connectivity index (χ2v) is 10.3. The average Bonchev–Trinajstić information content (AvgIpc) is 2.85. The number of amides is 2. The number of benzene rings is 2. The van der Waals surface area contributed by atoms with Gasteiger partial charge in [-0.05, 0) is 55.9 Å². The minimum atomic E-state index is -0.369. The number of piperidine rings is 2. The summed E-state index contributed by atoms with van der Waals surface area (Å²) in [5.74, 6) is 1.11. The maximum atomic E-state index is 13.3. The van der Waals surface area contributed by atoms with Gasteiger partial charge in [0.25, 0.3) is 0 Å². The second-order valence-electron chi connectivity index (χ2n) is 9.41. The van der Waals surface area contributed by atoms with Gasteiger partial charge in [-0.25, -0.2) is 0 Å². The van der Waals surface area contributed by atoms with Crippen LogP contribution in [0.1, 0.15) is 44.1 Å². The van der Waals surface area contributed by atoms with Gasteiger partial charge in [-0.1, -0.05) is 52.3 Å². The third kappa shape index (κ3) is 6.38. The van der Waals surface area contributed by atoms with E-state index in [0.29, 0.717) is 26.0 Å². The maximum Gasteiger partial charge on any atom is 0.227 e. The average molecular weight is 513 g/mol. The normalized spacial score (nSPS) is 21.0. The van der Waals surface area contributed by atoms with Crippen molar-refractivity contribution in [1.82, 2.24) is 9.80 Å². The van der Waals surface area contributed by atoms with Gasteiger partial charge in [-0.2, -0.15) is 0 Å². The number of hydrogen-bond donors (Lipinski definition) is 0. The Kier molecular flexibility index (Phi) is 8.07. The maximum absolute atomic E-state index is 13.3. The van der Waals surface area contributed by atoms with Crippen LogP contribution in [0, 0.1) is 5.41 Å². The Morgan fingerprint density at radius 3 is 2.30 bits per heavy atom. The van der Waals surface area contributed by atoms with Crippen LogP contribution < -0.4 is 4.74 Å². The van der Waals surface area contributed by atoms with Gasteiger partial charge < -0.3 is 14.5 Å². The van der Waals surface area contributed by atoms with E-state index in [1.54, 1.807) is 0 Å². The van der Waals surface area contributed by atoms with Crippen molar-refractivity contribution in [3.63, 3.8) is 0 Å². The van der Waals surface area contributed by atoms with E-state index in [1.165, 1.54) is 6.42 Å². The van der Waals surface area contributed by atoms with Crippen molar-refractivity contribution < 1.29 is 14.3 Å². The van der Waals surface area contributed by atoms with E-state index < -0.39 is 0 Å². The first-order valence-corrected chi connectivity index (χ1v) is 12.8. The number of rotatable bonds is 7. The van der Waals surface area contributed by atoms with Gasteiger partial charge in [0.15, 0.2) is 0 Å². The molecule has 176 valence electrons. The Morgan fingerprint density at radius 1 is 0.848 bits per heavy atom. The zero-order chi connectivity index (χ0) is 23.1. The summed E-state index contributed by atoms with van der Waals surface area (Å²) in [6, 6.07) is 17.6. The molecule has 5 nitrogen and oxygen atoms in total. The molecule has 0 N–H and O–H groups in total. The number of carbonyl (C=O) groups excluding carboxylic acids is 2. The molecule has 1 atom stereocenters. The molecule has 2 aliphatic rings. The molecule has 2 aromatic rings. The van der Waals surface area contributed by atoms with Crippen molar-refractivity contribution in [2.24, 2.45) is 5.41 Å². The molecule has 4 rings (SSSR count). The highest BCUT2D eigenvalue weighted by Gasteiger charge is 2.41. The molecule has 1 unspecified atom stereocenters. The topological polar surface area (TPSA) is 49.9 Å². The molecule has 0 aromatic heterocycles. The highest BCUT2D eigenvalue weighted by Crippen LogP contribution is 2.36. The van der Waals surface area contributed by atoms with Gasteiger partial charge >= 0.3 is 0 Å². The summed E-state index contributed by atoms with van der Waals surface area (Å²) in [6.45, 7) is 3.42. The van der Waals surface area contributed by atoms with Crippen LogP contribution in [-0.4, -0.2) is 54.4 Å². The Labute approximate surface area is 205 Å². The van der Waals surface area contributed by atoms with Crippen molar-refractivity contribution in [3.8, 4) is 5.75 Å². The van der Waals surface area contributed by atoms with Crippen LogP contribution in [0.25, 0.3) is 0 Å². The lowest BCUT2D eigenvalue weighted by Gasteiger charge is -2.43. The monoisotopic (exact) mass is 512 g/mol. The van der Waals surface area contributed by atoms with E-state index in [0.717, 1.165) is 61.1 Å². The number of ether oxygens (including phenoxy) is 1. The van der Waals surface area contributed by atoms with Crippen LogP contribution in [0.5, 0.6) is 5.75 Å². The molecule has 0 saturated carbocycles. The predicted molar refractivity (Wildman–Crippen MR) is 133 cm³/mol. The summed E-state index contributed by atoms with van der Waals surface area (Å²) in [4.78, 5) is 30.4. The van der Waals surface area contributed by atoms with Gasteiger partial charge in [0.2, 0.25) is 11.8 Å². The first kappa shape index (κ1) is 23.8. The molecule has 33 heavy (non-hydrogen) atoms. The van der Waals surface area contributed by atoms with Crippen molar-refractivity contribution in [3.05, 3.63) is 64.6 Å². The lowest BCUT2D eigenvalue weighted by atomic mass is 9.77. The van der Waals surface area contributed by atoms with E-state index in [2.05, 4.69) is 15.9 Å². The van der Waals surface area contributed by atoms with Crippen molar-refractivity contribution in [2.45, 2.75) is 44.9 Å². The smallest absolute Gasteiger partial charge is 0.227 e. The summed E-state index contributed by atoms with van der Waals surface area (Å²) in [5.41, 5.74) is 0.621. The number of halogens is 1. The number of hydrogen-bond acceptors (Lipinski definition) is 3. The zero-order valence-electron chi connectivity index (χ0n) is 19.2. The molecule has 0 spiro atoms. The standard InChI is InChI=1S/C27H33BrN2O3/c28-24-13-6-5-10-22(24)18-25(31)30-17-9-14-27(20-30,21-33-23-11-3-1-4-12-23)19-26(32)29-15-7-2-8-16-29/h1,3-6,10-13H,2,7-9,14-21H2. The van der Waals surface area contributed by atoms with Crippen molar-refractivity contribution in [1.29, 1.82) is 0 Å². The Balaban J connectivity index is 1.49. The molecule has 0 aliphatic carbocycles. The Hall–Kier alpha value is -2.34. The molecule has 0 bridgehead atoms. The predicted octanol–water partition coefficient (Wildman–Crippen LogP) is 5.08. The van der Waals surface area contributed by atoms with E-state index >= 15 is 0 Å². The van der Waals surface area contributed by atoms with Crippen LogP contribution in [-0.2, 0) is 16.0 Å². The summed E-state index contributed by atoms with van der Waals surface area (Å²) in [5, 5.41) is 0. The third-order valence-corrected chi connectivity index (χ3v) is 7.61. The van der Waals surface area contributed by atoms with Crippen LogP contribution in [0.4, 0.5) is 0 Å². The van der Waals surface area contributed by atoms with Gasteiger partial charge in [0.05, 0.1) is 13.0 Å². The molecular formula is C27H33BrN2O3. The SMILES string of the molecule is O=C(CC1(COc2ccccc2)CCCN(C(=O)Cc2ccccc2Br)C1)N1CCCCC1. The molecule has 2 aliphatic heterocycles. The van der Waals surface area contributed by atoms with Crippen LogP contribution in [0.2, 0.25) is 0 Å². The first-order valence-electron chi connectivity index (χ1n) is 12.0. The molecule has 2 saturated heterocycles. The second kappa shape index (κ2) is 11.2. The van der Waals surface area contributed by atoms with Crippen LogP contribution in [0.3, 0.4) is 0 Å². The lowest BCUT2D eigenvalue weighted by molar-refractivity contribution is -0.141. The van der Waals surface area contributed by atoms with E-state index in [9.17, 15) is 9.59 Å². The molecule has 2 heterocycles. The molecule has 2 aromatic carbocycles. The van der Waals surface area contributed by atoms with Gasteiger partial charge in [-0.3, -0.25) is 9.59 Å². The van der Waals surface area contributed by atoms with E-state index in [-0.39, 0.29) is 17.2 Å². The summed E-state index contributed by atoms with van der Waals surface area (Å²) in [6.07, 6.45) is 5.91. The number of nitrogens with zero attached hydrogens (tertiary/aromatic N) is 2. The van der Waals surface area contributed by atoms with Crippen molar-refractivity contribution >= 4 is 27.7 Å². The highest BCUT2D eigenvalue weighted by molar-refractivity contribution is 9.10. The summed E-state index contributed by atoms with van der Waals surface area (Å²) >= 11 is 3.56. The molecule has 6 heteroatoms.